The van der Waals surface area contributed by atoms with Gasteiger partial charge in [-0.15, -0.1) is 0 Å². The number of hydrogen-bond acceptors (Lipinski definition) is 2. The first-order valence-electron chi connectivity index (χ1n) is 6.05. The SMILES string of the molecule is COC(=O)[C@@H]1[C@H]2C=C[C@H](C2=C(C)C)C12CC2. The number of allylic oxidation sites excluding steroid dienone is 4. The van der Waals surface area contributed by atoms with E-state index < -0.39 is 0 Å². The number of rotatable bonds is 1. The van der Waals surface area contributed by atoms with Crippen LogP contribution < -0.4 is 0 Å². The van der Waals surface area contributed by atoms with Gasteiger partial charge >= 0.3 is 5.97 Å². The molecule has 0 aliphatic heterocycles. The maximum Gasteiger partial charge on any atom is 0.310 e. The topological polar surface area (TPSA) is 26.3 Å². The van der Waals surface area contributed by atoms with Gasteiger partial charge in [-0.1, -0.05) is 23.3 Å². The molecule has 3 rings (SSSR count). The third-order valence-electron chi connectivity index (χ3n) is 4.66. The molecule has 0 saturated heterocycles. The van der Waals surface area contributed by atoms with Crippen molar-refractivity contribution in [2.45, 2.75) is 26.7 Å². The molecular formula is C14H18O2. The van der Waals surface area contributed by atoms with Gasteiger partial charge in [-0.05, 0) is 32.1 Å². The van der Waals surface area contributed by atoms with Crippen molar-refractivity contribution in [3.8, 4) is 0 Å². The Morgan fingerprint density at radius 1 is 1.38 bits per heavy atom. The Morgan fingerprint density at radius 2 is 2.06 bits per heavy atom. The van der Waals surface area contributed by atoms with E-state index in [1.54, 1.807) is 0 Å². The van der Waals surface area contributed by atoms with Crippen LogP contribution in [-0.2, 0) is 9.53 Å². The zero-order chi connectivity index (χ0) is 11.5. The number of carbonyl (C=O) groups is 1. The third kappa shape index (κ3) is 1.00. The van der Waals surface area contributed by atoms with Crippen LogP contribution in [0.1, 0.15) is 26.7 Å². The molecule has 0 aromatic heterocycles. The van der Waals surface area contributed by atoms with E-state index in [2.05, 4.69) is 26.0 Å². The van der Waals surface area contributed by atoms with Crippen LogP contribution in [0, 0.1) is 23.2 Å². The summed E-state index contributed by atoms with van der Waals surface area (Å²) < 4.78 is 5.00. The molecule has 0 radical (unpaired) electrons. The van der Waals surface area contributed by atoms with Crippen LogP contribution in [0.5, 0.6) is 0 Å². The largest absolute Gasteiger partial charge is 0.469 e. The lowest BCUT2D eigenvalue weighted by Crippen LogP contribution is -2.29. The highest BCUT2D eigenvalue weighted by atomic mass is 16.5. The molecule has 2 saturated carbocycles. The van der Waals surface area contributed by atoms with Gasteiger partial charge in [0.25, 0.3) is 0 Å². The second kappa shape index (κ2) is 2.99. The number of fused-ring (bicyclic) bond motifs is 3. The summed E-state index contributed by atoms with van der Waals surface area (Å²) in [7, 11) is 1.51. The van der Waals surface area contributed by atoms with E-state index in [1.165, 1.54) is 31.1 Å². The Labute approximate surface area is 96.4 Å². The minimum Gasteiger partial charge on any atom is -0.469 e. The summed E-state index contributed by atoms with van der Waals surface area (Å²) in [5.74, 6) is 0.932. The summed E-state index contributed by atoms with van der Waals surface area (Å²) in [5, 5.41) is 0. The van der Waals surface area contributed by atoms with Crippen LogP contribution in [0.25, 0.3) is 0 Å². The first-order valence-corrected chi connectivity index (χ1v) is 6.05. The van der Waals surface area contributed by atoms with Crippen molar-refractivity contribution in [1.29, 1.82) is 0 Å². The van der Waals surface area contributed by atoms with Crippen LogP contribution in [0.2, 0.25) is 0 Å². The maximum absolute atomic E-state index is 11.9. The van der Waals surface area contributed by atoms with Gasteiger partial charge in [0, 0.05) is 11.8 Å². The normalized spacial score (nSPS) is 36.9. The second-order valence-electron chi connectivity index (χ2n) is 5.58. The monoisotopic (exact) mass is 218 g/mol. The summed E-state index contributed by atoms with van der Waals surface area (Å²) in [6, 6.07) is 0. The average Bonchev–Trinajstić information content (AvgIpc) is 2.81. The van der Waals surface area contributed by atoms with Gasteiger partial charge in [0.15, 0.2) is 0 Å². The van der Waals surface area contributed by atoms with E-state index in [-0.39, 0.29) is 17.3 Å². The maximum atomic E-state index is 11.9. The molecule has 86 valence electrons. The van der Waals surface area contributed by atoms with Crippen molar-refractivity contribution in [3.63, 3.8) is 0 Å². The van der Waals surface area contributed by atoms with Gasteiger partial charge in [-0.25, -0.2) is 0 Å². The molecule has 0 aromatic rings. The Morgan fingerprint density at radius 3 is 2.56 bits per heavy atom. The van der Waals surface area contributed by atoms with Gasteiger partial charge in [-0.2, -0.15) is 0 Å². The summed E-state index contributed by atoms with van der Waals surface area (Å²) in [6.45, 7) is 4.33. The van der Waals surface area contributed by atoms with Crippen LogP contribution in [-0.4, -0.2) is 13.1 Å². The number of esters is 1. The Kier molecular flexibility index (Phi) is 1.90. The molecule has 0 aromatic carbocycles. The highest BCUT2D eigenvalue weighted by Gasteiger charge is 2.67. The van der Waals surface area contributed by atoms with Crippen molar-refractivity contribution in [2.75, 3.05) is 7.11 Å². The van der Waals surface area contributed by atoms with Crippen molar-refractivity contribution < 1.29 is 9.53 Å². The zero-order valence-corrected chi connectivity index (χ0v) is 10.1. The number of carbonyl (C=O) groups excluding carboxylic acids is 1. The molecule has 0 unspecified atom stereocenters. The fourth-order valence-electron chi connectivity index (χ4n) is 3.91. The van der Waals surface area contributed by atoms with Gasteiger partial charge in [0.1, 0.15) is 0 Å². The van der Waals surface area contributed by atoms with Crippen molar-refractivity contribution in [3.05, 3.63) is 23.3 Å². The van der Waals surface area contributed by atoms with E-state index >= 15 is 0 Å². The molecule has 16 heavy (non-hydrogen) atoms. The van der Waals surface area contributed by atoms with Crippen LogP contribution >= 0.6 is 0 Å². The highest BCUT2D eigenvalue weighted by molar-refractivity contribution is 5.78. The predicted octanol–water partition coefficient (Wildman–Crippen LogP) is 2.71. The van der Waals surface area contributed by atoms with E-state index in [0.717, 1.165) is 0 Å². The minimum absolute atomic E-state index is 0.00639. The molecule has 3 aliphatic rings. The molecule has 2 heteroatoms. The molecule has 3 aliphatic carbocycles. The molecule has 2 bridgehead atoms. The molecule has 0 amide bonds. The van der Waals surface area contributed by atoms with Crippen LogP contribution in [0.15, 0.2) is 23.3 Å². The van der Waals surface area contributed by atoms with E-state index in [9.17, 15) is 4.79 Å². The third-order valence-corrected chi connectivity index (χ3v) is 4.66. The molecule has 0 N–H and O–H groups in total. The lowest BCUT2D eigenvalue weighted by Gasteiger charge is -2.24. The van der Waals surface area contributed by atoms with Crippen molar-refractivity contribution in [2.24, 2.45) is 23.2 Å². The van der Waals surface area contributed by atoms with Crippen LogP contribution in [0.4, 0.5) is 0 Å². The molecule has 2 fully saturated rings. The van der Waals surface area contributed by atoms with E-state index in [4.69, 9.17) is 4.74 Å². The molecule has 0 heterocycles. The van der Waals surface area contributed by atoms with Crippen molar-refractivity contribution in [1.82, 2.24) is 0 Å². The predicted molar refractivity (Wildman–Crippen MR) is 61.7 cm³/mol. The second-order valence-corrected chi connectivity index (χ2v) is 5.58. The molecule has 3 atom stereocenters. The fourth-order valence-corrected chi connectivity index (χ4v) is 3.91. The molecular weight excluding hydrogens is 200 g/mol. The zero-order valence-electron chi connectivity index (χ0n) is 10.1. The van der Waals surface area contributed by atoms with Gasteiger partial charge in [0.05, 0.1) is 13.0 Å². The number of methoxy groups -OCH3 is 1. The highest BCUT2D eigenvalue weighted by Crippen LogP contribution is 2.71. The standard InChI is InChI=1S/C14H18O2/c1-8(2)11-9-4-5-10(11)14(6-7-14)12(9)13(15)16-3/h4-5,9-10,12H,6-7H2,1-3H3/t9-,10+,12-/m0/s1. The minimum atomic E-state index is -0.00639. The van der Waals surface area contributed by atoms with Gasteiger partial charge in [-0.3, -0.25) is 4.79 Å². The van der Waals surface area contributed by atoms with E-state index in [0.29, 0.717) is 11.8 Å². The average molecular weight is 218 g/mol. The molecule has 1 spiro atoms. The first-order chi connectivity index (χ1) is 7.62. The number of hydrogen-bond donors (Lipinski definition) is 0. The number of ether oxygens (including phenoxy) is 1. The van der Waals surface area contributed by atoms with E-state index in [1.807, 2.05) is 0 Å². The Hall–Kier alpha value is -1.05. The summed E-state index contributed by atoms with van der Waals surface area (Å²) in [5.41, 5.74) is 3.12. The summed E-state index contributed by atoms with van der Waals surface area (Å²) in [4.78, 5) is 11.9. The molecule has 2 nitrogen and oxygen atoms in total. The quantitative estimate of drug-likeness (QED) is 0.499. The van der Waals surface area contributed by atoms with Gasteiger partial charge < -0.3 is 4.74 Å². The van der Waals surface area contributed by atoms with Gasteiger partial charge in [0.2, 0.25) is 0 Å². The summed E-state index contributed by atoms with van der Waals surface area (Å²) in [6.07, 6.45) is 6.92. The van der Waals surface area contributed by atoms with Crippen molar-refractivity contribution >= 4 is 5.97 Å². The summed E-state index contributed by atoms with van der Waals surface area (Å²) >= 11 is 0. The lowest BCUT2D eigenvalue weighted by atomic mass is 9.80. The lowest BCUT2D eigenvalue weighted by molar-refractivity contribution is -0.148. The Bertz CT molecular complexity index is 408. The first kappa shape index (κ1) is 10.1. The van der Waals surface area contributed by atoms with Crippen LogP contribution in [0.3, 0.4) is 0 Å². The fraction of sp³-hybridized carbons (Fsp3) is 0.643. The smallest absolute Gasteiger partial charge is 0.310 e. The Balaban J connectivity index is 2.07.